The first kappa shape index (κ1) is 23.4. The summed E-state index contributed by atoms with van der Waals surface area (Å²) in [6.07, 6.45) is 0. The first-order chi connectivity index (χ1) is 17.4. The van der Waals surface area contributed by atoms with Crippen molar-refractivity contribution in [3.05, 3.63) is 83.4 Å². The highest BCUT2D eigenvalue weighted by Gasteiger charge is 2.34. The van der Waals surface area contributed by atoms with Crippen LogP contribution in [0.25, 0.3) is 21.5 Å². The van der Waals surface area contributed by atoms with Gasteiger partial charge in [-0.25, -0.2) is 0 Å². The molecule has 0 unspecified atom stereocenters. The average Bonchev–Trinajstić information content (AvgIpc) is 2.86. The van der Waals surface area contributed by atoms with Gasteiger partial charge in [-0.15, -0.1) is 0 Å². The van der Waals surface area contributed by atoms with Gasteiger partial charge < -0.3 is 15.5 Å². The van der Waals surface area contributed by atoms with Gasteiger partial charge in [-0.1, -0.05) is 24.3 Å². The summed E-state index contributed by atoms with van der Waals surface area (Å²) in [5, 5.41) is 18.8. The van der Waals surface area contributed by atoms with Gasteiger partial charge >= 0.3 is 0 Å². The Morgan fingerprint density at radius 2 is 1.64 bits per heavy atom. The van der Waals surface area contributed by atoms with Gasteiger partial charge in [0.2, 0.25) is 0 Å². The number of carbonyl (C=O) groups excluding carboxylic acids is 2. The van der Waals surface area contributed by atoms with Crippen LogP contribution in [0.1, 0.15) is 26.3 Å². The second-order valence-electron chi connectivity index (χ2n) is 8.89. The lowest BCUT2D eigenvalue weighted by Gasteiger charge is -2.29. The minimum absolute atomic E-state index is 0.275. The maximum absolute atomic E-state index is 13.8. The van der Waals surface area contributed by atoms with Gasteiger partial charge in [-0.3, -0.25) is 14.5 Å². The molecule has 0 atom stereocenters. The predicted octanol–water partition coefficient (Wildman–Crippen LogP) is 4.83. The minimum Gasteiger partial charge on any atom is -0.332 e. The SMILES string of the molecule is CN(C)CCN1C(=O)c2cccc3cc4cccc(NC(=S)Nc5ccc(C#N)cc5)c4c(c23)C1=O. The van der Waals surface area contributed by atoms with Crippen LogP contribution in [0.15, 0.2) is 66.7 Å². The summed E-state index contributed by atoms with van der Waals surface area (Å²) in [6.45, 7) is 0.863. The number of anilines is 2. The van der Waals surface area contributed by atoms with E-state index in [1.54, 1.807) is 30.3 Å². The van der Waals surface area contributed by atoms with Crippen molar-refractivity contribution < 1.29 is 9.59 Å². The lowest BCUT2D eigenvalue weighted by Crippen LogP contribution is -2.43. The first-order valence-electron chi connectivity index (χ1n) is 11.4. The summed E-state index contributed by atoms with van der Waals surface area (Å²) >= 11 is 5.56. The predicted molar refractivity (Wildman–Crippen MR) is 146 cm³/mol. The molecular formula is C28H23N5O2S. The van der Waals surface area contributed by atoms with E-state index in [1.165, 1.54) is 4.90 Å². The molecule has 2 amide bonds. The Labute approximate surface area is 213 Å². The van der Waals surface area contributed by atoms with Crippen LogP contribution in [0, 0.1) is 11.3 Å². The van der Waals surface area contributed by atoms with Crippen LogP contribution < -0.4 is 10.6 Å². The summed E-state index contributed by atoms with van der Waals surface area (Å²) in [5.74, 6) is -0.584. The molecule has 4 aromatic carbocycles. The van der Waals surface area contributed by atoms with E-state index in [-0.39, 0.29) is 11.8 Å². The van der Waals surface area contributed by atoms with Crippen LogP contribution in [-0.4, -0.2) is 53.9 Å². The molecule has 1 aliphatic rings. The monoisotopic (exact) mass is 493 g/mol. The largest absolute Gasteiger partial charge is 0.332 e. The van der Waals surface area contributed by atoms with E-state index in [0.29, 0.717) is 51.4 Å². The van der Waals surface area contributed by atoms with Crippen LogP contribution in [0.5, 0.6) is 0 Å². The summed E-state index contributed by atoms with van der Waals surface area (Å²) < 4.78 is 0. The van der Waals surface area contributed by atoms with Crippen molar-refractivity contribution >= 4 is 62.1 Å². The number of nitrogens with zero attached hydrogens (tertiary/aromatic N) is 3. The van der Waals surface area contributed by atoms with Crippen LogP contribution in [0.2, 0.25) is 0 Å². The van der Waals surface area contributed by atoms with Gasteiger partial charge in [0.15, 0.2) is 5.11 Å². The van der Waals surface area contributed by atoms with E-state index in [4.69, 9.17) is 17.5 Å². The summed E-state index contributed by atoms with van der Waals surface area (Å²) in [5.41, 5.74) is 2.98. The number of amides is 2. The third kappa shape index (κ3) is 4.15. The summed E-state index contributed by atoms with van der Waals surface area (Å²) in [4.78, 5) is 30.4. The Morgan fingerprint density at radius 3 is 2.33 bits per heavy atom. The molecule has 1 aliphatic heterocycles. The fourth-order valence-electron chi connectivity index (χ4n) is 4.52. The summed E-state index contributed by atoms with van der Waals surface area (Å²) in [6, 6.07) is 22.3. The highest BCUT2D eigenvalue weighted by Crippen LogP contribution is 2.38. The Balaban J connectivity index is 1.60. The molecule has 178 valence electrons. The number of rotatable bonds is 5. The lowest BCUT2D eigenvalue weighted by molar-refractivity contribution is 0.0602. The number of thiocarbonyl (C=S) groups is 1. The number of fused-ring (bicyclic) bond motifs is 2. The molecule has 5 rings (SSSR count). The van der Waals surface area contributed by atoms with Crippen molar-refractivity contribution in [1.29, 1.82) is 5.26 Å². The normalized spacial score (nSPS) is 12.8. The molecule has 1 heterocycles. The molecule has 0 aromatic heterocycles. The molecular weight excluding hydrogens is 470 g/mol. The molecule has 4 aromatic rings. The Morgan fingerprint density at radius 1 is 0.944 bits per heavy atom. The molecule has 2 N–H and O–H groups in total. The molecule has 0 aliphatic carbocycles. The van der Waals surface area contributed by atoms with Gasteiger partial charge in [0.05, 0.1) is 17.2 Å². The van der Waals surface area contributed by atoms with E-state index in [0.717, 1.165) is 16.5 Å². The molecule has 0 saturated heterocycles. The number of nitriles is 1. The third-order valence-corrected chi connectivity index (χ3v) is 6.43. The van der Waals surface area contributed by atoms with E-state index in [9.17, 15) is 9.59 Å². The van der Waals surface area contributed by atoms with Crippen LogP contribution in [0.4, 0.5) is 11.4 Å². The number of nitrogens with one attached hydrogen (secondary N) is 2. The van der Waals surface area contributed by atoms with Crippen LogP contribution in [-0.2, 0) is 0 Å². The van der Waals surface area contributed by atoms with E-state index < -0.39 is 0 Å². The quantitative estimate of drug-likeness (QED) is 0.234. The number of carbonyl (C=O) groups is 2. The average molecular weight is 494 g/mol. The summed E-state index contributed by atoms with van der Waals surface area (Å²) in [7, 11) is 3.82. The highest BCUT2D eigenvalue weighted by molar-refractivity contribution is 7.80. The maximum atomic E-state index is 13.8. The molecule has 36 heavy (non-hydrogen) atoms. The maximum Gasteiger partial charge on any atom is 0.262 e. The zero-order valence-electron chi connectivity index (χ0n) is 19.8. The Bertz CT molecular complexity index is 1590. The Kier molecular flexibility index (Phi) is 6.10. The second-order valence-corrected chi connectivity index (χ2v) is 9.30. The van der Waals surface area contributed by atoms with Crippen molar-refractivity contribution in [2.45, 2.75) is 0 Å². The highest BCUT2D eigenvalue weighted by atomic mass is 32.1. The molecule has 0 spiro atoms. The van der Waals surface area contributed by atoms with Gasteiger partial charge in [-0.2, -0.15) is 5.26 Å². The zero-order valence-corrected chi connectivity index (χ0v) is 20.6. The van der Waals surface area contributed by atoms with Crippen molar-refractivity contribution in [3.63, 3.8) is 0 Å². The van der Waals surface area contributed by atoms with Crippen molar-refractivity contribution in [1.82, 2.24) is 9.80 Å². The fraction of sp³-hybridized carbons (Fsp3) is 0.143. The second kappa shape index (κ2) is 9.38. The first-order valence-corrected chi connectivity index (χ1v) is 11.9. The number of hydrogen-bond acceptors (Lipinski definition) is 5. The fourth-order valence-corrected chi connectivity index (χ4v) is 4.74. The Hall–Kier alpha value is -4.32. The van der Waals surface area contributed by atoms with Gasteiger partial charge in [0, 0.05) is 40.8 Å². The van der Waals surface area contributed by atoms with Crippen LogP contribution >= 0.6 is 12.2 Å². The van der Waals surface area contributed by atoms with E-state index >= 15 is 0 Å². The van der Waals surface area contributed by atoms with Crippen molar-refractivity contribution in [3.8, 4) is 6.07 Å². The number of hydrogen-bond donors (Lipinski definition) is 2. The molecule has 7 nitrogen and oxygen atoms in total. The standard InChI is InChI=1S/C28H23N5O2S/c1-32(2)13-14-33-26(34)21-7-3-5-18-15-19-6-4-8-22(24(19)25(23(18)21)27(33)35)31-28(36)30-20-11-9-17(16-29)10-12-20/h3-12,15H,13-14H2,1-2H3,(H2,30,31,36). The third-order valence-electron chi connectivity index (χ3n) is 6.23. The minimum atomic E-state index is -0.309. The smallest absolute Gasteiger partial charge is 0.262 e. The lowest BCUT2D eigenvalue weighted by atomic mass is 9.89. The van der Waals surface area contributed by atoms with Crippen molar-refractivity contribution in [2.75, 3.05) is 37.8 Å². The molecule has 0 fully saturated rings. The topological polar surface area (TPSA) is 88.5 Å². The molecule has 0 saturated carbocycles. The zero-order chi connectivity index (χ0) is 25.4. The molecule has 8 heteroatoms. The van der Waals surface area contributed by atoms with Gasteiger partial charge in [-0.05, 0) is 79.6 Å². The molecule has 0 bridgehead atoms. The van der Waals surface area contributed by atoms with E-state index in [1.807, 2.05) is 55.4 Å². The number of likely N-dealkylation sites (N-methyl/N-ethyl adjacent to an activating group) is 1. The van der Waals surface area contributed by atoms with Gasteiger partial charge in [0.25, 0.3) is 11.8 Å². The van der Waals surface area contributed by atoms with E-state index in [2.05, 4.69) is 16.7 Å². The van der Waals surface area contributed by atoms with Crippen molar-refractivity contribution in [2.24, 2.45) is 0 Å². The number of benzene rings is 4. The van der Waals surface area contributed by atoms with Crippen LogP contribution in [0.3, 0.4) is 0 Å². The van der Waals surface area contributed by atoms with Gasteiger partial charge in [0.1, 0.15) is 0 Å². The molecule has 0 radical (unpaired) electrons. The number of imide groups is 1.